The van der Waals surface area contributed by atoms with Crippen LogP contribution in [-0.4, -0.2) is 33.2 Å². The normalized spacial score (nSPS) is 20.6. The van der Waals surface area contributed by atoms with E-state index in [9.17, 15) is 5.11 Å². The summed E-state index contributed by atoms with van der Waals surface area (Å²) >= 11 is 3.41. The molecule has 0 spiro atoms. The Morgan fingerprint density at radius 1 is 1.45 bits per heavy atom. The lowest BCUT2D eigenvalue weighted by molar-refractivity contribution is -0.00530. The highest BCUT2D eigenvalue weighted by molar-refractivity contribution is 7.14. The molecule has 2 aromatic heterocycles. The van der Waals surface area contributed by atoms with Crippen LogP contribution in [0.15, 0.2) is 22.2 Å². The van der Waals surface area contributed by atoms with E-state index in [1.807, 2.05) is 13.8 Å². The summed E-state index contributed by atoms with van der Waals surface area (Å²) in [5.41, 5.74) is 1.70. The third kappa shape index (κ3) is 2.96. The van der Waals surface area contributed by atoms with Crippen molar-refractivity contribution in [2.75, 3.05) is 6.54 Å². The lowest BCUT2D eigenvalue weighted by atomic mass is 9.96. The Kier molecular flexibility index (Phi) is 3.95. The van der Waals surface area contributed by atoms with E-state index in [1.54, 1.807) is 22.7 Å². The van der Waals surface area contributed by atoms with Gasteiger partial charge in [0.15, 0.2) is 0 Å². The topological polar surface area (TPSA) is 36.4 Å². The SMILES string of the molecule is CC(C)(O)C1CCCN1Cc1csc(-c2ccsc2)n1. The van der Waals surface area contributed by atoms with Crippen LogP contribution in [0.3, 0.4) is 0 Å². The summed E-state index contributed by atoms with van der Waals surface area (Å²) in [7, 11) is 0. The van der Waals surface area contributed by atoms with E-state index >= 15 is 0 Å². The summed E-state index contributed by atoms with van der Waals surface area (Å²) in [5, 5.41) is 17.7. The van der Waals surface area contributed by atoms with Gasteiger partial charge in [0, 0.05) is 28.9 Å². The summed E-state index contributed by atoms with van der Waals surface area (Å²) in [6, 6.07) is 2.36. The molecule has 108 valence electrons. The van der Waals surface area contributed by atoms with Crippen LogP contribution in [0.5, 0.6) is 0 Å². The number of likely N-dealkylation sites (tertiary alicyclic amines) is 1. The van der Waals surface area contributed by atoms with Crippen LogP contribution < -0.4 is 0 Å². The van der Waals surface area contributed by atoms with Gasteiger partial charge in [-0.1, -0.05) is 0 Å². The second-order valence-corrected chi connectivity index (χ2v) is 7.58. The molecule has 5 heteroatoms. The predicted molar refractivity (Wildman–Crippen MR) is 85.2 cm³/mol. The van der Waals surface area contributed by atoms with Crippen LogP contribution in [0.1, 0.15) is 32.4 Å². The first-order valence-corrected chi connectivity index (χ1v) is 8.80. The smallest absolute Gasteiger partial charge is 0.124 e. The Balaban J connectivity index is 1.72. The van der Waals surface area contributed by atoms with Crippen molar-refractivity contribution in [2.45, 2.75) is 44.9 Å². The van der Waals surface area contributed by atoms with E-state index in [4.69, 9.17) is 4.98 Å². The molecule has 0 radical (unpaired) electrons. The summed E-state index contributed by atoms with van der Waals surface area (Å²) in [5.74, 6) is 0. The Morgan fingerprint density at radius 2 is 2.30 bits per heavy atom. The molecular formula is C15H20N2OS2. The number of hydrogen-bond donors (Lipinski definition) is 1. The monoisotopic (exact) mass is 308 g/mol. The fourth-order valence-electron chi connectivity index (χ4n) is 2.92. The molecule has 0 bridgehead atoms. The Bertz CT molecular complexity index is 557. The van der Waals surface area contributed by atoms with Gasteiger partial charge >= 0.3 is 0 Å². The van der Waals surface area contributed by atoms with Crippen molar-refractivity contribution in [3.63, 3.8) is 0 Å². The summed E-state index contributed by atoms with van der Waals surface area (Å²) in [6.45, 7) is 5.72. The first-order chi connectivity index (χ1) is 9.54. The molecule has 1 atom stereocenters. The second kappa shape index (κ2) is 5.56. The molecular weight excluding hydrogens is 288 g/mol. The number of aromatic nitrogens is 1. The zero-order valence-corrected chi connectivity index (χ0v) is 13.5. The minimum absolute atomic E-state index is 0.244. The number of thiophene rings is 1. The summed E-state index contributed by atoms with van der Waals surface area (Å²) in [6.07, 6.45) is 2.24. The van der Waals surface area contributed by atoms with Gasteiger partial charge in [0.25, 0.3) is 0 Å². The first-order valence-electron chi connectivity index (χ1n) is 6.97. The molecule has 0 saturated carbocycles. The lowest BCUT2D eigenvalue weighted by Gasteiger charge is -2.33. The van der Waals surface area contributed by atoms with Crippen molar-refractivity contribution in [1.82, 2.24) is 9.88 Å². The number of nitrogens with zero attached hydrogens (tertiary/aromatic N) is 2. The molecule has 1 N–H and O–H groups in total. The van der Waals surface area contributed by atoms with Crippen LogP contribution >= 0.6 is 22.7 Å². The molecule has 3 nitrogen and oxygen atoms in total. The van der Waals surface area contributed by atoms with Gasteiger partial charge in [-0.05, 0) is 44.7 Å². The van der Waals surface area contributed by atoms with Crippen molar-refractivity contribution >= 4 is 22.7 Å². The number of rotatable bonds is 4. The third-order valence-electron chi connectivity index (χ3n) is 3.86. The highest BCUT2D eigenvalue weighted by Crippen LogP contribution is 2.30. The molecule has 3 heterocycles. The van der Waals surface area contributed by atoms with Gasteiger partial charge in [-0.15, -0.1) is 11.3 Å². The molecule has 3 rings (SSSR count). The number of thiazole rings is 1. The van der Waals surface area contributed by atoms with E-state index < -0.39 is 5.60 Å². The van der Waals surface area contributed by atoms with Gasteiger partial charge in [0.2, 0.25) is 0 Å². The van der Waals surface area contributed by atoms with E-state index in [-0.39, 0.29) is 6.04 Å². The van der Waals surface area contributed by atoms with Crippen LogP contribution in [0.4, 0.5) is 0 Å². The highest BCUT2D eigenvalue weighted by atomic mass is 32.1. The van der Waals surface area contributed by atoms with Gasteiger partial charge in [0.1, 0.15) is 5.01 Å². The van der Waals surface area contributed by atoms with Crippen LogP contribution in [-0.2, 0) is 6.54 Å². The first kappa shape index (κ1) is 14.2. The lowest BCUT2D eigenvalue weighted by Crippen LogP contribution is -2.45. The van der Waals surface area contributed by atoms with Gasteiger partial charge in [-0.3, -0.25) is 4.90 Å². The maximum absolute atomic E-state index is 10.3. The molecule has 1 aliphatic rings. The van der Waals surface area contributed by atoms with Crippen LogP contribution in [0.2, 0.25) is 0 Å². The quantitative estimate of drug-likeness (QED) is 0.937. The largest absolute Gasteiger partial charge is 0.389 e. The fraction of sp³-hybridized carbons (Fsp3) is 0.533. The van der Waals surface area contributed by atoms with Crippen LogP contribution in [0, 0.1) is 0 Å². The van der Waals surface area contributed by atoms with E-state index in [1.165, 1.54) is 5.56 Å². The van der Waals surface area contributed by atoms with Crippen molar-refractivity contribution in [2.24, 2.45) is 0 Å². The zero-order chi connectivity index (χ0) is 14.2. The van der Waals surface area contributed by atoms with E-state index in [2.05, 4.69) is 27.1 Å². The van der Waals surface area contributed by atoms with Crippen molar-refractivity contribution < 1.29 is 5.11 Å². The Morgan fingerprint density at radius 3 is 3.00 bits per heavy atom. The molecule has 1 saturated heterocycles. The molecule has 1 unspecified atom stereocenters. The van der Waals surface area contributed by atoms with Crippen molar-refractivity contribution in [3.05, 3.63) is 27.9 Å². The highest BCUT2D eigenvalue weighted by Gasteiger charge is 2.35. The van der Waals surface area contributed by atoms with Gasteiger partial charge < -0.3 is 5.11 Å². The predicted octanol–water partition coefficient (Wildman–Crippen LogP) is 3.61. The van der Waals surface area contributed by atoms with Gasteiger partial charge in [-0.2, -0.15) is 11.3 Å². The van der Waals surface area contributed by atoms with Crippen LogP contribution in [0.25, 0.3) is 10.6 Å². The Labute approximate surface area is 127 Å². The minimum atomic E-state index is -0.636. The zero-order valence-electron chi connectivity index (χ0n) is 11.9. The standard InChI is InChI=1S/C15H20N2OS2/c1-15(2,18)13-4-3-6-17(13)8-12-10-20-14(16-12)11-5-7-19-9-11/h5,7,9-10,13,18H,3-4,6,8H2,1-2H3. The van der Waals surface area contributed by atoms with Crippen molar-refractivity contribution in [1.29, 1.82) is 0 Å². The van der Waals surface area contributed by atoms with Gasteiger partial charge in [0.05, 0.1) is 11.3 Å². The van der Waals surface area contributed by atoms with Crippen molar-refractivity contribution in [3.8, 4) is 10.6 Å². The third-order valence-corrected chi connectivity index (χ3v) is 5.49. The second-order valence-electron chi connectivity index (χ2n) is 5.94. The van der Waals surface area contributed by atoms with E-state index in [0.29, 0.717) is 0 Å². The fourth-order valence-corrected chi connectivity index (χ4v) is 4.44. The number of aliphatic hydroxyl groups is 1. The Hall–Kier alpha value is -0.750. The molecule has 2 aromatic rings. The number of hydrogen-bond acceptors (Lipinski definition) is 5. The maximum Gasteiger partial charge on any atom is 0.124 e. The average molecular weight is 308 g/mol. The average Bonchev–Trinajstić information content (AvgIpc) is 3.08. The minimum Gasteiger partial charge on any atom is -0.389 e. The molecule has 0 amide bonds. The molecule has 1 fully saturated rings. The molecule has 0 aromatic carbocycles. The summed E-state index contributed by atoms with van der Waals surface area (Å²) < 4.78 is 0. The molecule has 20 heavy (non-hydrogen) atoms. The summed E-state index contributed by atoms with van der Waals surface area (Å²) in [4.78, 5) is 7.10. The van der Waals surface area contributed by atoms with Gasteiger partial charge in [-0.25, -0.2) is 4.98 Å². The molecule has 1 aliphatic heterocycles. The van der Waals surface area contributed by atoms with E-state index in [0.717, 1.165) is 36.6 Å². The molecule has 0 aliphatic carbocycles. The maximum atomic E-state index is 10.3.